The Morgan fingerprint density at radius 3 is 2.14 bits per heavy atom. The second-order valence-electron chi connectivity index (χ2n) is 25.9. The van der Waals surface area contributed by atoms with Crippen molar-refractivity contribution in [2.45, 2.75) is 235 Å². The third kappa shape index (κ3) is 18.4. The summed E-state index contributed by atoms with van der Waals surface area (Å²) in [6, 6.07) is -1.26. The number of hydrogen-bond acceptors (Lipinski definition) is 24. The molecule has 5 heterocycles. The number of ether oxygens (including phenoxy) is 10. The van der Waals surface area contributed by atoms with Crippen LogP contribution in [0, 0.1) is 35.5 Å². The first-order chi connectivity index (χ1) is 42.7. The van der Waals surface area contributed by atoms with Gasteiger partial charge in [-0.1, -0.05) is 71.1 Å². The Morgan fingerprint density at radius 2 is 1.48 bits per heavy atom. The van der Waals surface area contributed by atoms with Gasteiger partial charge in [0.25, 0.3) is 11.7 Å². The molecule has 25 nitrogen and oxygen atoms in total. The van der Waals surface area contributed by atoms with Crippen LogP contribution < -0.4 is 0 Å². The number of carbonyl (C=O) groups excluding carboxylic acids is 5. The fraction of sp³-hybridized carbons (Fsp3) is 0.800. The summed E-state index contributed by atoms with van der Waals surface area (Å²) in [4.78, 5) is 74.7. The van der Waals surface area contributed by atoms with E-state index in [9.17, 15) is 69.9 Å². The molecule has 1 amide bonds. The smallest absolute Gasteiger partial charge is 0.329 e. The third-order valence-corrected chi connectivity index (χ3v) is 19.2. The lowest BCUT2D eigenvalue weighted by Gasteiger charge is -2.42. The van der Waals surface area contributed by atoms with Crippen molar-refractivity contribution in [1.82, 2.24) is 4.90 Å². The molecule has 24 atom stereocenters. The van der Waals surface area contributed by atoms with Gasteiger partial charge in [-0.3, -0.25) is 19.2 Å². The number of allylic oxidation sites excluding steroid dienone is 6. The molecular formula is C65H103NO24. The number of nitrogens with zero attached hydrogens (tertiary/aromatic N) is 1. The summed E-state index contributed by atoms with van der Waals surface area (Å²) >= 11 is 0. The second kappa shape index (κ2) is 34.6. The largest absolute Gasteiger partial charge is 0.460 e. The molecule has 1 aliphatic carbocycles. The van der Waals surface area contributed by atoms with Gasteiger partial charge in [0.1, 0.15) is 72.4 Å². The highest BCUT2D eigenvalue weighted by Gasteiger charge is 2.58. The van der Waals surface area contributed by atoms with Gasteiger partial charge in [-0.2, -0.15) is 0 Å². The summed E-state index contributed by atoms with van der Waals surface area (Å²) < 4.78 is 59.8. The molecule has 90 heavy (non-hydrogen) atoms. The van der Waals surface area contributed by atoms with E-state index in [1.807, 2.05) is 51.2 Å². The summed E-state index contributed by atoms with van der Waals surface area (Å²) in [6.45, 7) is 9.67. The van der Waals surface area contributed by atoms with Crippen LogP contribution in [0.5, 0.6) is 0 Å². The fourth-order valence-corrected chi connectivity index (χ4v) is 13.5. The van der Waals surface area contributed by atoms with Crippen molar-refractivity contribution in [2.24, 2.45) is 35.5 Å². The molecule has 9 N–H and O–H groups in total. The molecule has 4 saturated heterocycles. The fourth-order valence-electron chi connectivity index (χ4n) is 13.5. The average molecular weight is 1280 g/mol. The number of fused-ring (bicyclic) bond motifs is 3. The van der Waals surface area contributed by atoms with Gasteiger partial charge in [0.15, 0.2) is 18.4 Å². The van der Waals surface area contributed by atoms with Crippen molar-refractivity contribution in [1.29, 1.82) is 0 Å². The van der Waals surface area contributed by atoms with Crippen LogP contribution >= 0.6 is 0 Å². The normalized spacial score (nSPS) is 42.7. The van der Waals surface area contributed by atoms with Crippen LogP contribution in [-0.2, 0) is 71.3 Å². The second-order valence-corrected chi connectivity index (χ2v) is 25.9. The van der Waals surface area contributed by atoms with Gasteiger partial charge in [0.05, 0.1) is 57.5 Å². The molecule has 5 fully saturated rings. The van der Waals surface area contributed by atoms with Crippen molar-refractivity contribution in [3.63, 3.8) is 0 Å². The first-order valence-corrected chi connectivity index (χ1v) is 32.0. The molecule has 0 radical (unpaired) electrons. The number of amides is 1. The number of ketones is 3. The van der Waals surface area contributed by atoms with Crippen LogP contribution in [-0.4, -0.2) is 250 Å². The zero-order valence-electron chi connectivity index (χ0n) is 54.0. The molecule has 0 aromatic rings. The maximum Gasteiger partial charge on any atom is 0.329 e. The first-order valence-electron chi connectivity index (χ1n) is 32.0. The maximum atomic E-state index is 14.9. The minimum Gasteiger partial charge on any atom is -0.460 e. The van der Waals surface area contributed by atoms with Crippen molar-refractivity contribution < 1.29 is 117 Å². The van der Waals surface area contributed by atoms with E-state index in [0.717, 1.165) is 10.5 Å². The highest BCUT2D eigenvalue weighted by atomic mass is 16.8. The van der Waals surface area contributed by atoms with E-state index in [1.54, 1.807) is 40.9 Å². The summed E-state index contributed by atoms with van der Waals surface area (Å²) in [5.41, 5.74) is -1.12. The molecule has 6 aliphatic rings. The molecule has 512 valence electrons. The predicted molar refractivity (Wildman–Crippen MR) is 321 cm³/mol. The van der Waals surface area contributed by atoms with E-state index in [0.29, 0.717) is 57.8 Å². The molecule has 0 spiro atoms. The molecular weight excluding hydrogens is 1180 g/mol. The van der Waals surface area contributed by atoms with Crippen molar-refractivity contribution in [3.05, 3.63) is 47.6 Å². The van der Waals surface area contributed by atoms with E-state index in [1.165, 1.54) is 14.2 Å². The Labute approximate surface area is 528 Å². The highest BCUT2D eigenvalue weighted by Crippen LogP contribution is 2.40. The Bertz CT molecular complexity index is 2470. The molecule has 1 saturated carbocycles. The molecule has 4 unspecified atom stereocenters. The zero-order chi connectivity index (χ0) is 66.4. The average Bonchev–Trinajstić information content (AvgIpc) is 1.39. The lowest BCUT2D eigenvalue weighted by molar-refractivity contribution is -0.347. The van der Waals surface area contributed by atoms with Crippen molar-refractivity contribution in [3.8, 4) is 0 Å². The maximum absolute atomic E-state index is 14.9. The van der Waals surface area contributed by atoms with E-state index in [-0.39, 0.29) is 68.6 Å². The Kier molecular flexibility index (Phi) is 28.9. The first kappa shape index (κ1) is 75.2. The van der Waals surface area contributed by atoms with Gasteiger partial charge in [-0.25, -0.2) is 4.79 Å². The van der Waals surface area contributed by atoms with E-state index in [4.69, 9.17) is 47.4 Å². The molecule has 25 heteroatoms. The number of piperidine rings is 1. The lowest BCUT2D eigenvalue weighted by atomic mass is 9.78. The van der Waals surface area contributed by atoms with Crippen molar-refractivity contribution in [2.75, 3.05) is 60.9 Å². The number of cyclic esters (lactones) is 1. The summed E-state index contributed by atoms with van der Waals surface area (Å²) in [5, 5.41) is 96.7. The molecule has 5 aliphatic heterocycles. The zero-order valence-corrected chi connectivity index (χ0v) is 54.0. The minimum atomic E-state index is -2.51. The van der Waals surface area contributed by atoms with E-state index in [2.05, 4.69) is 0 Å². The molecule has 0 aromatic heterocycles. The lowest BCUT2D eigenvalue weighted by Crippen LogP contribution is -2.61. The SMILES string of the molecule is CO[C@H]1C[C@@H]2CC[C@@H](C)[C@@](O)(O2)C(=O)C(=O)N2CCCCC2C(=O)O[C@H]([C@H](C)CC2CC[C@@H](OCCO)[C@H](OC)C2)CC(=O)[C@H](C)/C=C(\C)[C@@H](OCC2(CO)O[C@H](OC3O[C@@H](CO)[C@H](O)[C@@H](O)[C@@H]3O)[C@H](O)[C@H]2O)[C@@H](OC)C(=O)[C@H](C)C[C@H](C)/C=C/C=C/C=C/1C. The predicted octanol–water partition coefficient (Wildman–Crippen LogP) is 1.85. The van der Waals surface area contributed by atoms with Crippen molar-refractivity contribution >= 4 is 29.2 Å². The Balaban J connectivity index is 1.36. The number of Topliss-reactive ketones (excluding diaryl/α,β-unsaturated/α-hetero) is 3. The minimum absolute atomic E-state index is 0.00439. The standard InChI is InChI=1S/C65H103NO24/c1-35-16-12-11-13-17-36(2)47(81-8)30-43-21-19-41(7)65(80,89-43)59(77)60(78)66-23-15-14-18-44(66)61(79)86-48(38(4)28-42-20-22-46(84-25-24-67)49(29-42)82-9)31-45(70)37(3)27-40(6)56(57(83-10)51(71)39(5)26-35)85-34-64(33-69)58(76)55(75)63(90-64)88-62-54(74)53(73)52(72)50(32-68)87-62/h11-13,16-17,27,35,37-39,41-44,46-50,52-58,62-63,67-69,72-76,80H,14-15,18-26,28-34H2,1-10H3/b13-11+,16-12+,36-17+,40-27+/t35-,37-,38-,39-,41-,42?,43+,44?,46-,47+,48+,49-,50+,52+,53-,54+,55-,56-,57+,58-,62?,63+,64?,65-/m1/s1. The monoisotopic (exact) mass is 1280 g/mol. The van der Waals surface area contributed by atoms with Gasteiger partial charge in [-0.15, -0.1) is 0 Å². The highest BCUT2D eigenvalue weighted by molar-refractivity contribution is 6.39. The van der Waals surface area contributed by atoms with Gasteiger partial charge >= 0.3 is 5.97 Å². The number of aliphatic hydroxyl groups excluding tert-OH is 8. The number of esters is 1. The van der Waals surface area contributed by atoms with Crippen LogP contribution in [0.3, 0.4) is 0 Å². The van der Waals surface area contributed by atoms with Crippen LogP contribution in [0.2, 0.25) is 0 Å². The van der Waals surface area contributed by atoms with Gasteiger partial charge in [0, 0.05) is 58.5 Å². The van der Waals surface area contributed by atoms with Crippen LogP contribution in [0.4, 0.5) is 0 Å². The molecule has 0 aromatic carbocycles. The summed E-state index contributed by atoms with van der Waals surface area (Å²) in [5.74, 6) is -9.54. The van der Waals surface area contributed by atoms with E-state index < -0.39 is 170 Å². The number of methoxy groups -OCH3 is 3. The number of hydrogen-bond donors (Lipinski definition) is 9. The van der Waals surface area contributed by atoms with E-state index >= 15 is 0 Å². The quantitative estimate of drug-likeness (QED) is 0.0605. The Morgan fingerprint density at radius 1 is 0.744 bits per heavy atom. The number of aliphatic hydroxyl groups is 9. The summed E-state index contributed by atoms with van der Waals surface area (Å²) in [7, 11) is 4.43. The van der Waals surface area contributed by atoms with Crippen LogP contribution in [0.1, 0.15) is 126 Å². The van der Waals surface area contributed by atoms with Crippen LogP contribution in [0.15, 0.2) is 47.6 Å². The molecule has 2 bridgehead atoms. The van der Waals surface area contributed by atoms with Gasteiger partial charge in [0.2, 0.25) is 5.79 Å². The number of rotatable bonds is 16. The van der Waals surface area contributed by atoms with Crippen LogP contribution in [0.25, 0.3) is 0 Å². The summed E-state index contributed by atoms with van der Waals surface area (Å²) in [6.07, 6.45) is -4.82. The van der Waals surface area contributed by atoms with Gasteiger partial charge < -0.3 is 98.2 Å². The molecule has 6 rings (SSSR count). The topological polar surface area (TPSA) is 363 Å². The third-order valence-electron chi connectivity index (χ3n) is 19.2. The Hall–Kier alpha value is -3.81. The van der Waals surface area contributed by atoms with Gasteiger partial charge in [-0.05, 0) is 107 Å². The number of carbonyl (C=O) groups is 5.